The number of carbonyl (C=O) groups excluding carboxylic acids is 1. The molecule has 0 atom stereocenters. The van der Waals surface area contributed by atoms with Crippen LogP contribution < -0.4 is 0 Å². The van der Waals surface area contributed by atoms with Gasteiger partial charge in [-0.1, -0.05) is 55.4 Å². The largest absolute Gasteiger partial charge is 0.346 e. The van der Waals surface area contributed by atoms with Gasteiger partial charge in [0.15, 0.2) is 11.0 Å². The molecule has 2 rings (SSSR count). The van der Waals surface area contributed by atoms with Crippen molar-refractivity contribution in [3.05, 3.63) is 30.3 Å². The molecule has 0 bridgehead atoms. The molecule has 1 aromatic carbocycles. The van der Waals surface area contributed by atoms with E-state index in [9.17, 15) is 4.79 Å². The lowest BCUT2D eigenvalue weighted by Crippen LogP contribution is -2.27. The van der Waals surface area contributed by atoms with Crippen molar-refractivity contribution in [2.45, 2.75) is 31.3 Å². The molecule has 5 nitrogen and oxygen atoms in total. The van der Waals surface area contributed by atoms with Crippen molar-refractivity contribution in [2.75, 3.05) is 19.3 Å². The minimum absolute atomic E-state index is 0.191. The number of nitrogens with zero attached hydrogens (tertiary/aromatic N) is 4. The SMILES string of the molecule is CCCCN(C)C(=O)CCSc1nnc(-c2ccccc2)n1C. The standard InChI is InChI=1S/C17H24N4OS/c1-4-5-12-20(2)15(22)11-13-23-17-19-18-16(21(17)3)14-9-7-6-8-10-14/h6-10H,4-5,11-13H2,1-3H3. The van der Waals surface area contributed by atoms with E-state index in [0.29, 0.717) is 6.42 Å². The lowest BCUT2D eigenvalue weighted by atomic mass is 10.2. The maximum Gasteiger partial charge on any atom is 0.223 e. The normalized spacial score (nSPS) is 10.7. The quantitative estimate of drug-likeness (QED) is 0.697. The molecule has 0 radical (unpaired) electrons. The van der Waals surface area contributed by atoms with Crippen LogP contribution in [0.3, 0.4) is 0 Å². The average Bonchev–Trinajstić information content (AvgIpc) is 2.94. The monoisotopic (exact) mass is 332 g/mol. The second-order valence-corrected chi connectivity index (χ2v) is 6.56. The van der Waals surface area contributed by atoms with Gasteiger partial charge in [-0.2, -0.15) is 0 Å². The fraction of sp³-hybridized carbons (Fsp3) is 0.471. The smallest absolute Gasteiger partial charge is 0.223 e. The second kappa shape index (κ2) is 8.72. The molecule has 6 heteroatoms. The Labute approximate surface area is 142 Å². The van der Waals surface area contributed by atoms with Crippen LogP contribution in [0.1, 0.15) is 26.2 Å². The molecule has 0 aliphatic carbocycles. The minimum Gasteiger partial charge on any atom is -0.346 e. The first-order chi connectivity index (χ1) is 11.1. The second-order valence-electron chi connectivity index (χ2n) is 5.50. The Morgan fingerprint density at radius 1 is 1.26 bits per heavy atom. The van der Waals surface area contributed by atoms with Crippen LogP contribution in [0, 0.1) is 0 Å². The first kappa shape index (κ1) is 17.5. The Morgan fingerprint density at radius 2 is 2.00 bits per heavy atom. The number of rotatable bonds is 8. The molecule has 0 N–H and O–H groups in total. The van der Waals surface area contributed by atoms with Gasteiger partial charge < -0.3 is 9.47 Å². The summed E-state index contributed by atoms with van der Waals surface area (Å²) in [5.74, 6) is 1.76. The van der Waals surface area contributed by atoms with Gasteiger partial charge in [0.2, 0.25) is 5.91 Å². The molecular formula is C17H24N4OS. The van der Waals surface area contributed by atoms with Gasteiger partial charge in [0.1, 0.15) is 0 Å². The third-order valence-corrected chi connectivity index (χ3v) is 4.71. The number of hydrogen-bond acceptors (Lipinski definition) is 4. The van der Waals surface area contributed by atoms with Crippen molar-refractivity contribution in [3.63, 3.8) is 0 Å². The summed E-state index contributed by atoms with van der Waals surface area (Å²) in [7, 11) is 3.83. The number of thioether (sulfide) groups is 1. The molecule has 0 spiro atoms. The average molecular weight is 332 g/mol. The van der Waals surface area contributed by atoms with E-state index in [1.165, 1.54) is 0 Å². The maximum atomic E-state index is 12.0. The molecule has 23 heavy (non-hydrogen) atoms. The van der Waals surface area contributed by atoms with Crippen LogP contribution in [-0.2, 0) is 11.8 Å². The van der Waals surface area contributed by atoms with E-state index in [0.717, 1.165) is 41.7 Å². The minimum atomic E-state index is 0.191. The van der Waals surface area contributed by atoms with E-state index in [4.69, 9.17) is 0 Å². The van der Waals surface area contributed by atoms with E-state index in [-0.39, 0.29) is 5.91 Å². The Hall–Kier alpha value is -1.82. The van der Waals surface area contributed by atoms with Crippen LogP contribution in [0.2, 0.25) is 0 Å². The fourth-order valence-electron chi connectivity index (χ4n) is 2.22. The van der Waals surface area contributed by atoms with Crippen molar-refractivity contribution >= 4 is 17.7 Å². The summed E-state index contributed by atoms with van der Waals surface area (Å²) < 4.78 is 1.98. The van der Waals surface area contributed by atoms with Gasteiger partial charge in [0, 0.05) is 38.4 Å². The number of hydrogen-bond donors (Lipinski definition) is 0. The van der Waals surface area contributed by atoms with E-state index in [1.54, 1.807) is 11.8 Å². The molecule has 0 saturated heterocycles. The summed E-state index contributed by atoms with van der Waals surface area (Å²) in [4.78, 5) is 13.8. The van der Waals surface area contributed by atoms with Crippen LogP contribution in [0.15, 0.2) is 35.5 Å². The van der Waals surface area contributed by atoms with Gasteiger partial charge in [0.25, 0.3) is 0 Å². The van der Waals surface area contributed by atoms with Gasteiger partial charge in [-0.25, -0.2) is 0 Å². The Balaban J connectivity index is 1.88. The van der Waals surface area contributed by atoms with Crippen molar-refractivity contribution in [2.24, 2.45) is 7.05 Å². The highest BCUT2D eigenvalue weighted by molar-refractivity contribution is 7.99. The van der Waals surface area contributed by atoms with Gasteiger partial charge in [-0.15, -0.1) is 10.2 Å². The van der Waals surface area contributed by atoms with Crippen LogP contribution >= 0.6 is 11.8 Å². The van der Waals surface area contributed by atoms with Crippen LogP contribution in [-0.4, -0.2) is 44.9 Å². The first-order valence-corrected chi connectivity index (χ1v) is 8.93. The molecule has 124 valence electrons. The van der Waals surface area contributed by atoms with E-state index in [1.807, 2.05) is 53.9 Å². The Kier molecular flexibility index (Phi) is 6.65. The lowest BCUT2D eigenvalue weighted by Gasteiger charge is -2.16. The summed E-state index contributed by atoms with van der Waals surface area (Å²) in [5, 5.41) is 9.33. The van der Waals surface area contributed by atoms with Gasteiger partial charge in [-0.05, 0) is 6.42 Å². The zero-order valence-corrected chi connectivity index (χ0v) is 14.8. The molecule has 1 amide bonds. The van der Waals surface area contributed by atoms with Crippen LogP contribution in [0.25, 0.3) is 11.4 Å². The molecule has 2 aromatic rings. The number of benzene rings is 1. The summed E-state index contributed by atoms with van der Waals surface area (Å²) in [6.07, 6.45) is 2.69. The van der Waals surface area contributed by atoms with Gasteiger partial charge in [0.05, 0.1) is 0 Å². The maximum absolute atomic E-state index is 12.0. The zero-order valence-electron chi connectivity index (χ0n) is 14.0. The predicted octanol–water partition coefficient (Wildman–Crippen LogP) is 3.22. The van der Waals surface area contributed by atoms with Crippen LogP contribution in [0.4, 0.5) is 0 Å². The van der Waals surface area contributed by atoms with Crippen LogP contribution in [0.5, 0.6) is 0 Å². The van der Waals surface area contributed by atoms with Gasteiger partial charge >= 0.3 is 0 Å². The fourth-order valence-corrected chi connectivity index (χ4v) is 3.06. The summed E-state index contributed by atoms with van der Waals surface area (Å²) >= 11 is 1.57. The molecule has 1 heterocycles. The summed E-state index contributed by atoms with van der Waals surface area (Å²) in [6, 6.07) is 9.99. The molecule has 0 unspecified atom stereocenters. The Bertz CT molecular complexity index is 627. The third kappa shape index (κ3) is 4.82. The van der Waals surface area contributed by atoms with Crippen molar-refractivity contribution in [1.29, 1.82) is 0 Å². The molecular weight excluding hydrogens is 308 g/mol. The van der Waals surface area contributed by atoms with Gasteiger partial charge in [-0.3, -0.25) is 4.79 Å². The first-order valence-electron chi connectivity index (χ1n) is 7.95. The van der Waals surface area contributed by atoms with E-state index < -0.39 is 0 Å². The zero-order chi connectivity index (χ0) is 16.7. The van der Waals surface area contributed by atoms with Crippen molar-refractivity contribution in [1.82, 2.24) is 19.7 Å². The molecule has 0 saturated carbocycles. The highest BCUT2D eigenvalue weighted by atomic mass is 32.2. The highest BCUT2D eigenvalue weighted by Crippen LogP contribution is 2.22. The highest BCUT2D eigenvalue weighted by Gasteiger charge is 2.13. The van der Waals surface area contributed by atoms with E-state index in [2.05, 4.69) is 17.1 Å². The number of unbranched alkanes of at least 4 members (excludes halogenated alkanes) is 1. The van der Waals surface area contributed by atoms with Crippen molar-refractivity contribution in [3.8, 4) is 11.4 Å². The number of amides is 1. The number of aromatic nitrogens is 3. The van der Waals surface area contributed by atoms with E-state index >= 15 is 0 Å². The lowest BCUT2D eigenvalue weighted by molar-refractivity contribution is -0.129. The topological polar surface area (TPSA) is 51.0 Å². The summed E-state index contributed by atoms with van der Waals surface area (Å²) in [6.45, 7) is 2.97. The third-order valence-electron chi connectivity index (χ3n) is 3.69. The molecule has 0 aliphatic heterocycles. The molecule has 0 aliphatic rings. The summed E-state index contributed by atoms with van der Waals surface area (Å²) in [5.41, 5.74) is 1.05. The number of carbonyl (C=O) groups is 1. The molecule has 0 fully saturated rings. The van der Waals surface area contributed by atoms with Crippen molar-refractivity contribution < 1.29 is 4.79 Å². The predicted molar refractivity (Wildman–Crippen MR) is 94.3 cm³/mol. The Morgan fingerprint density at radius 3 is 2.70 bits per heavy atom. The molecule has 1 aromatic heterocycles.